The SMILES string of the molecule is CN1C(=O)c2cc(Cl)ccc2-c2cnoc2[C@@H]1CC(=O)OC(C)(C)C. The van der Waals surface area contributed by atoms with E-state index in [9.17, 15) is 9.59 Å². The van der Waals surface area contributed by atoms with Crippen molar-refractivity contribution in [2.24, 2.45) is 0 Å². The van der Waals surface area contributed by atoms with E-state index in [-0.39, 0.29) is 12.3 Å². The van der Waals surface area contributed by atoms with E-state index in [2.05, 4.69) is 5.16 Å². The number of aromatic nitrogens is 1. The molecule has 0 unspecified atom stereocenters. The van der Waals surface area contributed by atoms with Crippen LogP contribution in [0.5, 0.6) is 0 Å². The van der Waals surface area contributed by atoms with Crippen molar-refractivity contribution in [3.63, 3.8) is 0 Å². The van der Waals surface area contributed by atoms with Crippen LogP contribution in [0, 0.1) is 0 Å². The third kappa shape index (κ3) is 3.39. The maximum absolute atomic E-state index is 12.9. The number of fused-ring (bicyclic) bond motifs is 3. The zero-order chi connectivity index (χ0) is 18.4. The maximum Gasteiger partial charge on any atom is 0.308 e. The molecule has 0 N–H and O–H groups in total. The van der Waals surface area contributed by atoms with Gasteiger partial charge in [-0.3, -0.25) is 9.59 Å². The average molecular weight is 363 g/mol. The van der Waals surface area contributed by atoms with E-state index in [1.54, 1.807) is 52.2 Å². The van der Waals surface area contributed by atoms with Gasteiger partial charge in [-0.1, -0.05) is 22.8 Å². The molecular weight excluding hydrogens is 344 g/mol. The molecule has 2 heterocycles. The van der Waals surface area contributed by atoms with Crippen LogP contribution in [0.4, 0.5) is 0 Å². The van der Waals surface area contributed by atoms with Crippen molar-refractivity contribution in [3.8, 4) is 11.1 Å². The number of carbonyl (C=O) groups excluding carboxylic acids is 2. The molecule has 1 aliphatic rings. The second-order valence-corrected chi connectivity index (χ2v) is 7.45. The van der Waals surface area contributed by atoms with Crippen LogP contribution in [0.3, 0.4) is 0 Å². The lowest BCUT2D eigenvalue weighted by atomic mass is 9.99. The lowest BCUT2D eigenvalue weighted by Gasteiger charge is -2.26. The van der Waals surface area contributed by atoms with Gasteiger partial charge in [-0.15, -0.1) is 0 Å². The fourth-order valence-electron chi connectivity index (χ4n) is 2.90. The highest BCUT2D eigenvalue weighted by Crippen LogP contribution is 2.40. The smallest absolute Gasteiger partial charge is 0.308 e. The molecule has 25 heavy (non-hydrogen) atoms. The van der Waals surface area contributed by atoms with Gasteiger partial charge in [-0.05, 0) is 38.5 Å². The Labute approximate surface area is 150 Å². The molecule has 3 rings (SSSR count). The minimum Gasteiger partial charge on any atom is -0.460 e. The molecule has 1 atom stereocenters. The molecule has 0 fully saturated rings. The number of carbonyl (C=O) groups is 2. The van der Waals surface area contributed by atoms with E-state index in [0.29, 0.717) is 27.5 Å². The molecule has 1 amide bonds. The molecule has 1 aliphatic heterocycles. The van der Waals surface area contributed by atoms with E-state index in [0.717, 1.165) is 0 Å². The van der Waals surface area contributed by atoms with Crippen LogP contribution >= 0.6 is 11.6 Å². The minimum atomic E-state index is -0.606. The summed E-state index contributed by atoms with van der Waals surface area (Å²) in [6.07, 6.45) is 1.53. The van der Waals surface area contributed by atoms with E-state index < -0.39 is 17.6 Å². The van der Waals surface area contributed by atoms with Gasteiger partial charge in [0, 0.05) is 23.2 Å². The molecule has 0 aliphatic carbocycles. The highest BCUT2D eigenvalue weighted by atomic mass is 35.5. The Balaban J connectivity index is 2.03. The predicted molar refractivity (Wildman–Crippen MR) is 92.2 cm³/mol. The number of benzene rings is 1. The monoisotopic (exact) mass is 362 g/mol. The van der Waals surface area contributed by atoms with Crippen molar-refractivity contribution >= 4 is 23.5 Å². The highest BCUT2D eigenvalue weighted by Gasteiger charge is 2.36. The molecule has 0 saturated heterocycles. The van der Waals surface area contributed by atoms with Crippen molar-refractivity contribution in [2.45, 2.75) is 38.8 Å². The number of rotatable bonds is 2. The Bertz CT molecular complexity index is 838. The van der Waals surface area contributed by atoms with Gasteiger partial charge in [-0.2, -0.15) is 0 Å². The Hall–Kier alpha value is -2.34. The van der Waals surface area contributed by atoms with Crippen molar-refractivity contribution in [2.75, 3.05) is 7.05 Å². The molecular formula is C18H19ClN2O4. The van der Waals surface area contributed by atoms with E-state index in [1.165, 1.54) is 4.90 Å². The lowest BCUT2D eigenvalue weighted by molar-refractivity contribution is -0.156. The van der Waals surface area contributed by atoms with E-state index >= 15 is 0 Å². The minimum absolute atomic E-state index is 0.0244. The van der Waals surface area contributed by atoms with Crippen LogP contribution in [-0.2, 0) is 9.53 Å². The van der Waals surface area contributed by atoms with Gasteiger partial charge in [0.15, 0.2) is 5.76 Å². The second-order valence-electron chi connectivity index (χ2n) is 7.02. The van der Waals surface area contributed by atoms with Crippen LogP contribution in [0.1, 0.15) is 49.4 Å². The Morgan fingerprint density at radius 3 is 2.72 bits per heavy atom. The van der Waals surface area contributed by atoms with Crippen molar-refractivity contribution in [3.05, 3.63) is 40.7 Å². The first-order valence-electron chi connectivity index (χ1n) is 7.91. The van der Waals surface area contributed by atoms with Gasteiger partial charge in [-0.25, -0.2) is 0 Å². The molecule has 2 aromatic rings. The largest absolute Gasteiger partial charge is 0.460 e. The molecule has 132 valence electrons. The Morgan fingerprint density at radius 1 is 1.32 bits per heavy atom. The standard InChI is InChI=1S/C18H19ClN2O4/c1-18(2,3)24-15(22)8-14-16-13(9-20-25-16)11-6-5-10(19)7-12(11)17(23)21(14)4/h5-7,9,14H,8H2,1-4H3/t14-/m0/s1. The number of amides is 1. The van der Waals surface area contributed by atoms with Gasteiger partial charge in [0.2, 0.25) is 0 Å². The number of hydrogen-bond donors (Lipinski definition) is 0. The topological polar surface area (TPSA) is 72.6 Å². The van der Waals surface area contributed by atoms with Crippen molar-refractivity contribution in [1.82, 2.24) is 10.1 Å². The van der Waals surface area contributed by atoms with Crippen LogP contribution in [0.2, 0.25) is 5.02 Å². The van der Waals surface area contributed by atoms with Gasteiger partial charge >= 0.3 is 5.97 Å². The summed E-state index contributed by atoms with van der Waals surface area (Å²) in [6, 6.07) is 4.47. The summed E-state index contributed by atoms with van der Waals surface area (Å²) in [5.74, 6) is -0.191. The Morgan fingerprint density at radius 2 is 2.04 bits per heavy atom. The summed E-state index contributed by atoms with van der Waals surface area (Å²) in [6.45, 7) is 5.39. The zero-order valence-corrected chi connectivity index (χ0v) is 15.3. The van der Waals surface area contributed by atoms with Crippen molar-refractivity contribution in [1.29, 1.82) is 0 Å². The molecule has 0 saturated carbocycles. The van der Waals surface area contributed by atoms with E-state index in [1.807, 2.05) is 0 Å². The fourth-order valence-corrected chi connectivity index (χ4v) is 3.07. The summed E-state index contributed by atoms with van der Waals surface area (Å²) in [4.78, 5) is 26.7. The van der Waals surface area contributed by atoms with Gasteiger partial charge in [0.05, 0.1) is 12.6 Å². The number of esters is 1. The van der Waals surface area contributed by atoms with Crippen LogP contribution in [0.25, 0.3) is 11.1 Å². The molecule has 0 spiro atoms. The predicted octanol–water partition coefficient (Wildman–Crippen LogP) is 3.85. The van der Waals surface area contributed by atoms with Crippen molar-refractivity contribution < 1.29 is 18.8 Å². The number of nitrogens with zero attached hydrogens (tertiary/aromatic N) is 2. The average Bonchev–Trinajstić information content (AvgIpc) is 2.95. The highest BCUT2D eigenvalue weighted by molar-refractivity contribution is 6.31. The molecule has 1 aromatic carbocycles. The first-order chi connectivity index (χ1) is 11.7. The van der Waals surface area contributed by atoms with Gasteiger partial charge in [0.25, 0.3) is 5.91 Å². The summed E-state index contributed by atoms with van der Waals surface area (Å²) >= 11 is 6.05. The van der Waals surface area contributed by atoms with Gasteiger partial charge < -0.3 is 14.2 Å². The van der Waals surface area contributed by atoms with Crippen LogP contribution in [-0.4, -0.2) is 34.6 Å². The van der Waals surface area contributed by atoms with E-state index in [4.69, 9.17) is 20.9 Å². The summed E-state index contributed by atoms with van der Waals surface area (Å²) in [5.41, 5.74) is 1.21. The third-order valence-electron chi connectivity index (χ3n) is 3.97. The first kappa shape index (κ1) is 17.5. The summed E-state index contributed by atoms with van der Waals surface area (Å²) < 4.78 is 10.8. The quantitative estimate of drug-likeness (QED) is 0.758. The zero-order valence-electron chi connectivity index (χ0n) is 14.5. The lowest BCUT2D eigenvalue weighted by Crippen LogP contribution is -2.33. The number of ether oxygens (including phenoxy) is 1. The van der Waals surface area contributed by atoms with Crippen LogP contribution < -0.4 is 0 Å². The molecule has 0 bridgehead atoms. The second kappa shape index (κ2) is 6.19. The molecule has 6 nitrogen and oxygen atoms in total. The number of halogens is 1. The first-order valence-corrected chi connectivity index (χ1v) is 8.28. The number of hydrogen-bond acceptors (Lipinski definition) is 5. The van der Waals surface area contributed by atoms with Gasteiger partial charge in [0.1, 0.15) is 11.6 Å². The Kier molecular flexibility index (Phi) is 4.33. The molecule has 1 aromatic heterocycles. The van der Waals surface area contributed by atoms with Crippen LogP contribution in [0.15, 0.2) is 28.9 Å². The normalized spacial score (nSPS) is 16.9. The molecule has 7 heteroatoms. The maximum atomic E-state index is 12.9. The molecule has 0 radical (unpaired) electrons. The third-order valence-corrected chi connectivity index (χ3v) is 4.21. The fraction of sp³-hybridized carbons (Fsp3) is 0.389. The summed E-state index contributed by atoms with van der Waals surface area (Å²) in [7, 11) is 1.62. The summed E-state index contributed by atoms with van der Waals surface area (Å²) in [5, 5.41) is 4.32.